The molecule has 0 saturated carbocycles. The summed E-state index contributed by atoms with van der Waals surface area (Å²) in [5.41, 5.74) is 0.445. The highest BCUT2D eigenvalue weighted by atomic mass is 16.5. The third kappa shape index (κ3) is 2.52. The van der Waals surface area contributed by atoms with Gasteiger partial charge in [-0.15, -0.1) is 0 Å². The summed E-state index contributed by atoms with van der Waals surface area (Å²) in [5.74, 6) is -0.643. The maximum absolute atomic E-state index is 11.0. The van der Waals surface area contributed by atoms with Gasteiger partial charge in [0.25, 0.3) is 0 Å². The number of hydrogen-bond acceptors (Lipinski definition) is 4. The molecule has 0 saturated heterocycles. The first-order valence-corrected chi connectivity index (χ1v) is 4.00. The van der Waals surface area contributed by atoms with Crippen molar-refractivity contribution in [1.29, 1.82) is 0 Å². The summed E-state index contributed by atoms with van der Waals surface area (Å²) < 4.78 is 4.64. The van der Waals surface area contributed by atoms with Crippen molar-refractivity contribution in [2.45, 2.75) is 13.0 Å². The molecule has 0 bridgehead atoms. The molecule has 0 aromatic carbocycles. The maximum atomic E-state index is 11.0. The first-order valence-electron chi connectivity index (χ1n) is 4.00. The predicted molar refractivity (Wildman–Crippen MR) is 45.8 cm³/mol. The predicted octanol–water partition coefficient (Wildman–Crippen LogP) is 0.678. The van der Waals surface area contributed by atoms with E-state index in [4.69, 9.17) is 0 Å². The SMILES string of the molecule is CCOC(=O)[C@@H](O)c1cccnc1. The van der Waals surface area contributed by atoms with Gasteiger partial charge in [0.05, 0.1) is 6.61 Å². The molecule has 1 rings (SSSR count). The molecule has 0 aliphatic carbocycles. The van der Waals surface area contributed by atoms with Crippen LogP contribution in [0.2, 0.25) is 0 Å². The summed E-state index contributed by atoms with van der Waals surface area (Å²) in [6, 6.07) is 3.27. The fraction of sp³-hybridized carbons (Fsp3) is 0.333. The van der Waals surface area contributed by atoms with Crippen molar-refractivity contribution in [2.75, 3.05) is 6.61 Å². The van der Waals surface area contributed by atoms with Crippen molar-refractivity contribution in [3.8, 4) is 0 Å². The lowest BCUT2D eigenvalue weighted by atomic mass is 10.2. The summed E-state index contributed by atoms with van der Waals surface area (Å²) in [6.07, 6.45) is 1.77. The molecule has 1 aromatic heterocycles. The number of hydrogen-bond donors (Lipinski definition) is 1. The maximum Gasteiger partial charge on any atom is 0.339 e. The number of nitrogens with zero attached hydrogens (tertiary/aromatic N) is 1. The van der Waals surface area contributed by atoms with E-state index in [2.05, 4.69) is 9.72 Å². The highest BCUT2D eigenvalue weighted by Gasteiger charge is 2.17. The van der Waals surface area contributed by atoms with Crippen LogP contribution >= 0.6 is 0 Å². The average molecular weight is 181 g/mol. The molecule has 0 unspecified atom stereocenters. The van der Waals surface area contributed by atoms with E-state index in [9.17, 15) is 9.90 Å². The third-order valence-corrected chi connectivity index (χ3v) is 1.51. The van der Waals surface area contributed by atoms with Crippen LogP contribution in [0.15, 0.2) is 24.5 Å². The zero-order valence-corrected chi connectivity index (χ0v) is 7.30. The van der Waals surface area contributed by atoms with Crippen LogP contribution in [0, 0.1) is 0 Å². The highest BCUT2D eigenvalue weighted by Crippen LogP contribution is 2.11. The van der Waals surface area contributed by atoms with Crippen LogP contribution in [0.4, 0.5) is 0 Å². The van der Waals surface area contributed by atoms with Gasteiger partial charge in [-0.05, 0) is 13.0 Å². The zero-order chi connectivity index (χ0) is 9.68. The standard InChI is InChI=1S/C9H11NO3/c1-2-13-9(12)8(11)7-4-3-5-10-6-7/h3-6,8,11H,2H2,1H3/t8-/m0/s1. The second-order valence-electron chi connectivity index (χ2n) is 2.44. The van der Waals surface area contributed by atoms with E-state index < -0.39 is 12.1 Å². The Hall–Kier alpha value is -1.42. The molecule has 4 heteroatoms. The number of carbonyl (C=O) groups excluding carboxylic acids is 1. The van der Waals surface area contributed by atoms with Crippen molar-refractivity contribution in [3.05, 3.63) is 30.1 Å². The van der Waals surface area contributed by atoms with Crippen LogP contribution in [0.1, 0.15) is 18.6 Å². The molecule has 13 heavy (non-hydrogen) atoms. The van der Waals surface area contributed by atoms with Crippen LogP contribution in [0.3, 0.4) is 0 Å². The van der Waals surface area contributed by atoms with E-state index in [0.29, 0.717) is 5.56 Å². The summed E-state index contributed by atoms with van der Waals surface area (Å²) in [6.45, 7) is 1.95. The Kier molecular flexibility index (Phi) is 3.40. The fourth-order valence-electron chi connectivity index (χ4n) is 0.895. The Labute approximate surface area is 76.2 Å². The van der Waals surface area contributed by atoms with Gasteiger partial charge in [0.15, 0.2) is 6.10 Å². The van der Waals surface area contributed by atoms with Crippen LogP contribution in [0.25, 0.3) is 0 Å². The van der Waals surface area contributed by atoms with Crippen molar-refractivity contribution in [3.63, 3.8) is 0 Å². The number of aliphatic hydroxyl groups excluding tert-OH is 1. The number of aliphatic hydroxyl groups is 1. The van der Waals surface area contributed by atoms with Crippen LogP contribution < -0.4 is 0 Å². The largest absolute Gasteiger partial charge is 0.464 e. The Morgan fingerprint density at radius 1 is 1.77 bits per heavy atom. The fourth-order valence-corrected chi connectivity index (χ4v) is 0.895. The van der Waals surface area contributed by atoms with Gasteiger partial charge in [-0.1, -0.05) is 6.07 Å². The number of carbonyl (C=O) groups is 1. The number of pyridine rings is 1. The molecule has 1 aromatic rings. The Balaban J connectivity index is 2.68. The summed E-state index contributed by atoms with van der Waals surface area (Å²) in [5, 5.41) is 9.41. The topological polar surface area (TPSA) is 59.4 Å². The van der Waals surface area contributed by atoms with Crippen molar-refractivity contribution < 1.29 is 14.6 Å². The molecule has 1 heterocycles. The number of esters is 1. The van der Waals surface area contributed by atoms with Gasteiger partial charge in [0.1, 0.15) is 0 Å². The van der Waals surface area contributed by atoms with E-state index in [0.717, 1.165) is 0 Å². The van der Waals surface area contributed by atoms with Crippen LogP contribution in [-0.4, -0.2) is 22.7 Å². The third-order valence-electron chi connectivity index (χ3n) is 1.51. The molecule has 1 atom stereocenters. The van der Waals surface area contributed by atoms with Gasteiger partial charge < -0.3 is 9.84 Å². The van der Waals surface area contributed by atoms with E-state index in [-0.39, 0.29) is 6.61 Å². The van der Waals surface area contributed by atoms with Crippen molar-refractivity contribution in [2.24, 2.45) is 0 Å². The van der Waals surface area contributed by atoms with Gasteiger partial charge in [-0.25, -0.2) is 4.79 Å². The minimum absolute atomic E-state index is 0.260. The van der Waals surface area contributed by atoms with E-state index >= 15 is 0 Å². The molecule has 0 radical (unpaired) electrons. The Bertz CT molecular complexity index is 273. The van der Waals surface area contributed by atoms with Gasteiger partial charge in [-0.2, -0.15) is 0 Å². The Morgan fingerprint density at radius 3 is 3.08 bits per heavy atom. The lowest BCUT2D eigenvalue weighted by Gasteiger charge is -2.08. The molecule has 70 valence electrons. The van der Waals surface area contributed by atoms with Crippen molar-refractivity contribution in [1.82, 2.24) is 4.98 Å². The minimum atomic E-state index is -1.23. The number of rotatable bonds is 3. The Morgan fingerprint density at radius 2 is 2.54 bits per heavy atom. The molecule has 0 spiro atoms. The molecule has 1 N–H and O–H groups in total. The molecular weight excluding hydrogens is 170 g/mol. The lowest BCUT2D eigenvalue weighted by Crippen LogP contribution is -2.15. The van der Waals surface area contributed by atoms with E-state index in [1.54, 1.807) is 25.3 Å². The molecule has 4 nitrogen and oxygen atoms in total. The second kappa shape index (κ2) is 4.57. The zero-order valence-electron chi connectivity index (χ0n) is 7.30. The second-order valence-corrected chi connectivity index (χ2v) is 2.44. The van der Waals surface area contributed by atoms with E-state index in [1.165, 1.54) is 6.20 Å². The highest BCUT2D eigenvalue weighted by molar-refractivity contribution is 5.75. The summed E-state index contributed by atoms with van der Waals surface area (Å²) >= 11 is 0. The summed E-state index contributed by atoms with van der Waals surface area (Å²) in [4.78, 5) is 14.8. The average Bonchev–Trinajstić information content (AvgIpc) is 2.18. The molecule has 0 aliphatic heterocycles. The van der Waals surface area contributed by atoms with Gasteiger partial charge in [-0.3, -0.25) is 4.98 Å². The lowest BCUT2D eigenvalue weighted by molar-refractivity contribution is -0.153. The summed E-state index contributed by atoms with van der Waals surface area (Å²) in [7, 11) is 0. The molecule has 0 fully saturated rings. The van der Waals surface area contributed by atoms with Gasteiger partial charge in [0, 0.05) is 18.0 Å². The smallest absolute Gasteiger partial charge is 0.339 e. The van der Waals surface area contributed by atoms with Gasteiger partial charge >= 0.3 is 5.97 Å². The first kappa shape index (κ1) is 9.67. The molecular formula is C9H11NO3. The molecule has 0 amide bonds. The molecule has 0 aliphatic rings. The number of ether oxygens (including phenoxy) is 1. The van der Waals surface area contributed by atoms with Crippen LogP contribution in [0.5, 0.6) is 0 Å². The minimum Gasteiger partial charge on any atom is -0.464 e. The van der Waals surface area contributed by atoms with Gasteiger partial charge in [0.2, 0.25) is 0 Å². The normalized spacial score (nSPS) is 12.2. The van der Waals surface area contributed by atoms with Crippen molar-refractivity contribution >= 4 is 5.97 Å². The van der Waals surface area contributed by atoms with E-state index in [1.807, 2.05) is 0 Å². The quantitative estimate of drug-likeness (QED) is 0.696. The number of aromatic nitrogens is 1. The monoisotopic (exact) mass is 181 g/mol. The first-order chi connectivity index (χ1) is 6.25. The van der Waals surface area contributed by atoms with Crippen LogP contribution in [-0.2, 0) is 9.53 Å².